The Labute approximate surface area is 201 Å². The highest BCUT2D eigenvalue weighted by Gasteiger charge is 2.30. The van der Waals surface area contributed by atoms with Crippen LogP contribution in [0.25, 0.3) is 22.5 Å². The largest absolute Gasteiger partial charge is 0.478 e. The number of carbonyl (C=O) groups excluding carboxylic acids is 1. The molecule has 7 nitrogen and oxygen atoms in total. The minimum absolute atomic E-state index is 0.178. The van der Waals surface area contributed by atoms with Crippen LogP contribution in [-0.2, 0) is 4.74 Å². The van der Waals surface area contributed by atoms with Gasteiger partial charge in [-0.05, 0) is 43.2 Å². The number of halogens is 1. The zero-order chi connectivity index (χ0) is 24.2. The van der Waals surface area contributed by atoms with E-state index in [0.717, 1.165) is 5.56 Å². The predicted molar refractivity (Wildman–Crippen MR) is 130 cm³/mol. The van der Waals surface area contributed by atoms with Gasteiger partial charge in [0.05, 0.1) is 22.9 Å². The van der Waals surface area contributed by atoms with E-state index in [0.29, 0.717) is 39.0 Å². The summed E-state index contributed by atoms with van der Waals surface area (Å²) >= 11 is 6.41. The van der Waals surface area contributed by atoms with Gasteiger partial charge in [-0.25, -0.2) is 14.5 Å². The highest BCUT2D eigenvalue weighted by atomic mass is 35.5. The number of hydrogen-bond acceptors (Lipinski definition) is 5. The maximum atomic E-state index is 13.0. The highest BCUT2D eigenvalue weighted by Crippen LogP contribution is 2.41. The summed E-state index contributed by atoms with van der Waals surface area (Å²) in [6, 6.07) is 20.9. The third kappa shape index (κ3) is 4.38. The van der Waals surface area contributed by atoms with Crippen molar-refractivity contribution in [2.24, 2.45) is 0 Å². The first-order valence-electron chi connectivity index (χ1n) is 10.5. The normalized spacial score (nSPS) is 10.7. The van der Waals surface area contributed by atoms with Crippen LogP contribution in [0.5, 0.6) is 0 Å². The topological polar surface area (TPSA) is 92.9 Å². The van der Waals surface area contributed by atoms with Crippen molar-refractivity contribution in [1.82, 2.24) is 5.16 Å². The molecule has 1 heterocycles. The van der Waals surface area contributed by atoms with Crippen LogP contribution < -0.4 is 4.90 Å². The number of hydrogen-bond donors (Lipinski definition) is 1. The van der Waals surface area contributed by atoms with Gasteiger partial charge in [-0.3, -0.25) is 0 Å². The second kappa shape index (κ2) is 9.80. The van der Waals surface area contributed by atoms with Gasteiger partial charge in [-0.1, -0.05) is 71.4 Å². The van der Waals surface area contributed by atoms with Gasteiger partial charge in [0.25, 0.3) is 0 Å². The van der Waals surface area contributed by atoms with Crippen LogP contribution in [0.4, 0.5) is 16.2 Å². The van der Waals surface area contributed by atoms with E-state index in [1.165, 1.54) is 4.90 Å². The minimum atomic E-state index is -1.00. The molecule has 1 N–H and O–H groups in total. The molecule has 4 aromatic rings. The second-order valence-electron chi connectivity index (χ2n) is 7.36. The van der Waals surface area contributed by atoms with Gasteiger partial charge in [0.15, 0.2) is 5.76 Å². The van der Waals surface area contributed by atoms with E-state index >= 15 is 0 Å². The van der Waals surface area contributed by atoms with Gasteiger partial charge in [0.1, 0.15) is 11.4 Å². The molecule has 0 saturated heterocycles. The Morgan fingerprint density at radius 2 is 1.65 bits per heavy atom. The van der Waals surface area contributed by atoms with E-state index in [-0.39, 0.29) is 12.2 Å². The zero-order valence-corrected chi connectivity index (χ0v) is 19.2. The molecular formula is C26H21ClN2O5. The average Bonchev–Trinajstić information content (AvgIpc) is 3.21. The lowest BCUT2D eigenvalue weighted by atomic mass is 9.98. The third-order valence-corrected chi connectivity index (χ3v) is 5.53. The summed E-state index contributed by atoms with van der Waals surface area (Å²) in [6.07, 6.45) is -0.616. The number of carbonyl (C=O) groups is 2. The Hall–Kier alpha value is -4.10. The Morgan fingerprint density at radius 3 is 2.32 bits per heavy atom. The smallest absolute Gasteiger partial charge is 0.419 e. The van der Waals surface area contributed by atoms with Crippen LogP contribution in [0, 0.1) is 6.92 Å². The van der Waals surface area contributed by atoms with E-state index in [1.807, 2.05) is 0 Å². The van der Waals surface area contributed by atoms with Gasteiger partial charge in [-0.2, -0.15) is 0 Å². The zero-order valence-electron chi connectivity index (χ0n) is 18.5. The van der Waals surface area contributed by atoms with Gasteiger partial charge in [0.2, 0.25) is 0 Å². The summed E-state index contributed by atoms with van der Waals surface area (Å²) in [5.74, 6) is -0.652. The van der Waals surface area contributed by atoms with Crippen molar-refractivity contribution < 1.29 is 24.0 Å². The average molecular weight is 477 g/mol. The number of benzene rings is 3. The van der Waals surface area contributed by atoms with Crippen molar-refractivity contribution in [1.29, 1.82) is 0 Å². The van der Waals surface area contributed by atoms with Crippen LogP contribution in [0.2, 0.25) is 5.02 Å². The van der Waals surface area contributed by atoms with Crippen molar-refractivity contribution in [3.05, 3.63) is 89.1 Å². The van der Waals surface area contributed by atoms with Crippen molar-refractivity contribution in [2.75, 3.05) is 11.5 Å². The fourth-order valence-corrected chi connectivity index (χ4v) is 3.89. The highest BCUT2D eigenvalue weighted by molar-refractivity contribution is 6.34. The SMILES string of the molecule is CCOC(=O)N(c1ccccc1Cl)c1c(C)noc1-c1ccc(-c2ccccc2C(=O)O)cc1. The van der Waals surface area contributed by atoms with Crippen LogP contribution in [0.15, 0.2) is 77.3 Å². The minimum Gasteiger partial charge on any atom is -0.478 e. The number of amides is 1. The molecule has 1 amide bonds. The molecule has 0 bridgehead atoms. The Bertz CT molecular complexity index is 1350. The molecule has 0 aliphatic carbocycles. The summed E-state index contributed by atoms with van der Waals surface area (Å²) in [4.78, 5) is 25.9. The van der Waals surface area contributed by atoms with Crippen LogP contribution in [-0.4, -0.2) is 28.9 Å². The number of aromatic nitrogens is 1. The molecule has 4 rings (SSSR count). The molecule has 8 heteroatoms. The lowest BCUT2D eigenvalue weighted by molar-refractivity contribution is 0.0697. The third-order valence-electron chi connectivity index (χ3n) is 5.21. The van der Waals surface area contributed by atoms with Crippen molar-refractivity contribution >= 4 is 35.0 Å². The number of carboxylic acids is 1. The van der Waals surface area contributed by atoms with Gasteiger partial charge < -0.3 is 14.4 Å². The molecule has 0 fully saturated rings. The lowest BCUT2D eigenvalue weighted by Crippen LogP contribution is -2.27. The molecule has 0 spiro atoms. The summed E-state index contributed by atoms with van der Waals surface area (Å²) in [5, 5.41) is 14.0. The molecule has 0 radical (unpaired) electrons. The Balaban J connectivity index is 1.80. The number of aryl methyl sites for hydroxylation is 1. The quantitative estimate of drug-likeness (QED) is 0.323. The van der Waals surface area contributed by atoms with Crippen LogP contribution in [0.1, 0.15) is 23.0 Å². The molecular weight excluding hydrogens is 456 g/mol. The molecule has 1 aromatic heterocycles. The number of carboxylic acid groups (broad SMARTS) is 1. The number of para-hydroxylation sites is 1. The van der Waals surface area contributed by atoms with Crippen molar-refractivity contribution in [3.8, 4) is 22.5 Å². The summed E-state index contributed by atoms with van der Waals surface area (Å²) < 4.78 is 10.9. The molecule has 3 aromatic carbocycles. The molecule has 0 atom stereocenters. The number of aromatic carboxylic acids is 1. The van der Waals surface area contributed by atoms with Crippen molar-refractivity contribution in [3.63, 3.8) is 0 Å². The number of nitrogens with zero attached hydrogens (tertiary/aromatic N) is 2. The van der Waals surface area contributed by atoms with Gasteiger partial charge >= 0.3 is 12.1 Å². The maximum Gasteiger partial charge on any atom is 0.419 e. The Morgan fingerprint density at radius 1 is 1.00 bits per heavy atom. The maximum absolute atomic E-state index is 13.0. The molecule has 0 unspecified atom stereocenters. The first-order chi connectivity index (χ1) is 16.4. The fraction of sp³-hybridized carbons (Fsp3) is 0.115. The standard InChI is InChI=1S/C26H21ClN2O5/c1-3-33-26(32)29(22-11-7-6-10-21(22)27)23-16(2)28-34-24(23)18-14-12-17(13-15-18)19-8-4-5-9-20(19)25(30)31/h4-15H,3H2,1-2H3,(H,30,31). The molecule has 34 heavy (non-hydrogen) atoms. The lowest BCUT2D eigenvalue weighted by Gasteiger charge is -2.23. The first kappa shape index (κ1) is 23.1. The molecule has 172 valence electrons. The van der Waals surface area contributed by atoms with E-state index < -0.39 is 12.1 Å². The number of ether oxygens (including phenoxy) is 1. The second-order valence-corrected chi connectivity index (χ2v) is 7.77. The van der Waals surface area contributed by atoms with E-state index in [4.69, 9.17) is 20.9 Å². The van der Waals surface area contributed by atoms with Gasteiger partial charge in [-0.15, -0.1) is 0 Å². The molecule has 0 saturated carbocycles. The number of anilines is 2. The monoisotopic (exact) mass is 476 g/mol. The first-order valence-corrected chi connectivity index (χ1v) is 10.9. The summed E-state index contributed by atoms with van der Waals surface area (Å²) in [7, 11) is 0. The van der Waals surface area contributed by atoms with Crippen molar-refractivity contribution in [2.45, 2.75) is 13.8 Å². The summed E-state index contributed by atoms with van der Waals surface area (Å²) in [5.41, 5.74) is 3.50. The van der Waals surface area contributed by atoms with E-state index in [1.54, 1.807) is 86.6 Å². The summed E-state index contributed by atoms with van der Waals surface area (Å²) in [6.45, 7) is 3.62. The van der Waals surface area contributed by atoms with E-state index in [2.05, 4.69) is 5.16 Å². The van der Waals surface area contributed by atoms with Gasteiger partial charge in [0, 0.05) is 5.56 Å². The Kier molecular flexibility index (Phi) is 6.65. The predicted octanol–water partition coefficient (Wildman–Crippen LogP) is 6.96. The molecule has 0 aliphatic rings. The number of rotatable bonds is 6. The fourth-order valence-electron chi connectivity index (χ4n) is 3.67. The van der Waals surface area contributed by atoms with Crippen LogP contribution >= 0.6 is 11.6 Å². The van der Waals surface area contributed by atoms with Crippen LogP contribution in [0.3, 0.4) is 0 Å². The van der Waals surface area contributed by atoms with E-state index in [9.17, 15) is 14.7 Å². The molecule has 0 aliphatic heterocycles.